The Morgan fingerprint density at radius 1 is 1.00 bits per heavy atom. The Kier molecular flexibility index (Phi) is 5.88. The zero-order chi connectivity index (χ0) is 23.5. The van der Waals surface area contributed by atoms with Crippen molar-refractivity contribution in [2.24, 2.45) is 0 Å². The quantitative estimate of drug-likeness (QED) is 0.279. The largest absolute Gasteiger partial charge is 0.489 e. The van der Waals surface area contributed by atoms with E-state index in [1.807, 2.05) is 42.6 Å². The van der Waals surface area contributed by atoms with E-state index in [1.54, 1.807) is 0 Å². The van der Waals surface area contributed by atoms with Crippen LogP contribution in [0.25, 0.3) is 22.4 Å². The molecule has 3 N–H and O–H groups in total. The number of nitrogens with one attached hydrogen (secondary N) is 3. The molecule has 0 aliphatic heterocycles. The van der Waals surface area contributed by atoms with Gasteiger partial charge >= 0.3 is 0 Å². The Hall–Kier alpha value is -3.94. The van der Waals surface area contributed by atoms with Gasteiger partial charge in [-0.3, -0.25) is 0 Å². The minimum absolute atomic E-state index is 0.220. The highest BCUT2D eigenvalue weighted by Gasteiger charge is 2.28. The van der Waals surface area contributed by atoms with E-state index in [4.69, 9.17) is 9.72 Å². The van der Waals surface area contributed by atoms with E-state index in [0.717, 1.165) is 58.7 Å². The van der Waals surface area contributed by atoms with Crippen LogP contribution in [-0.4, -0.2) is 35.6 Å². The minimum atomic E-state index is -0.220. The van der Waals surface area contributed by atoms with Crippen molar-refractivity contribution in [1.82, 2.24) is 35.6 Å². The predicted octanol–water partition coefficient (Wildman–Crippen LogP) is 5.32. The molecule has 8 heteroatoms. The van der Waals surface area contributed by atoms with E-state index in [1.165, 1.54) is 5.56 Å². The van der Waals surface area contributed by atoms with Crippen LogP contribution in [-0.2, 0) is 18.4 Å². The first-order valence-electron chi connectivity index (χ1n) is 11.7. The number of rotatable bonds is 9. The van der Waals surface area contributed by atoms with Crippen LogP contribution in [0.4, 0.5) is 0 Å². The van der Waals surface area contributed by atoms with Crippen LogP contribution in [0.5, 0.6) is 5.75 Å². The van der Waals surface area contributed by atoms with Crippen molar-refractivity contribution >= 4 is 11.0 Å². The molecule has 0 radical (unpaired) electrons. The number of unbranched alkanes of at least 4 members (excludes halogenated alkanes) is 1. The van der Waals surface area contributed by atoms with E-state index in [2.05, 4.69) is 63.5 Å². The molecule has 8 nitrogen and oxygen atoms in total. The number of aromatic nitrogens is 7. The molecule has 0 atom stereocenters. The fourth-order valence-corrected chi connectivity index (χ4v) is 4.20. The number of tetrazole rings is 1. The molecule has 0 saturated carbocycles. The number of hydrogen-bond donors (Lipinski definition) is 3. The van der Waals surface area contributed by atoms with Gasteiger partial charge in [-0.05, 0) is 34.9 Å². The third-order valence-electron chi connectivity index (χ3n) is 6.31. The average molecular weight is 456 g/mol. The zero-order valence-electron chi connectivity index (χ0n) is 19.7. The summed E-state index contributed by atoms with van der Waals surface area (Å²) in [5.74, 6) is 2.48. The lowest BCUT2D eigenvalue weighted by Gasteiger charge is -2.24. The summed E-state index contributed by atoms with van der Waals surface area (Å²) in [7, 11) is 0. The lowest BCUT2D eigenvalue weighted by Crippen LogP contribution is -2.19. The molecule has 174 valence electrons. The van der Waals surface area contributed by atoms with E-state index < -0.39 is 0 Å². The molecule has 0 unspecified atom stereocenters. The Morgan fingerprint density at radius 2 is 1.79 bits per heavy atom. The van der Waals surface area contributed by atoms with Gasteiger partial charge < -0.3 is 14.7 Å². The molecule has 0 bridgehead atoms. The van der Waals surface area contributed by atoms with Crippen molar-refractivity contribution < 1.29 is 4.74 Å². The molecule has 0 aliphatic carbocycles. The average Bonchev–Trinajstić information content (AvgIpc) is 3.60. The van der Waals surface area contributed by atoms with Crippen molar-refractivity contribution in [2.45, 2.75) is 52.1 Å². The molecule has 0 saturated heterocycles. The maximum absolute atomic E-state index is 6.02. The van der Waals surface area contributed by atoms with Crippen LogP contribution >= 0.6 is 0 Å². The molecule has 3 heterocycles. The summed E-state index contributed by atoms with van der Waals surface area (Å²) in [6.07, 6.45) is 5.31. The molecule has 0 aliphatic rings. The van der Waals surface area contributed by atoms with Gasteiger partial charge in [0.2, 0.25) is 5.82 Å². The molecule has 0 spiro atoms. The van der Waals surface area contributed by atoms with Gasteiger partial charge in [-0.2, -0.15) is 5.21 Å². The Morgan fingerprint density at radius 3 is 2.50 bits per heavy atom. The SMILES string of the molecule is CCCCc1nc2c(C(C)(C)c3ccc(OCc4ccc(-c5nn[nH]n5)cc4)cc3)[nH]cc2[nH]1. The van der Waals surface area contributed by atoms with Gasteiger partial charge in [-0.1, -0.05) is 63.6 Å². The standard InChI is InChI=1S/C26H29N7O/c1-4-5-6-22-28-21-15-27-24(23(21)29-22)26(2,3)19-11-13-20(14-12-19)34-16-17-7-9-18(10-8-17)25-30-32-33-31-25/h7-15,27H,4-6,16H2,1-3H3,(H,28,29)(H,30,31,32,33). The summed E-state index contributed by atoms with van der Waals surface area (Å²) in [5.41, 5.74) is 6.19. The number of aromatic amines is 3. The zero-order valence-corrected chi connectivity index (χ0v) is 19.7. The molecular formula is C26H29N7O. The highest BCUT2D eigenvalue weighted by molar-refractivity contribution is 5.80. The highest BCUT2D eigenvalue weighted by Crippen LogP contribution is 2.35. The van der Waals surface area contributed by atoms with Gasteiger partial charge in [0.05, 0.1) is 11.2 Å². The van der Waals surface area contributed by atoms with Crippen LogP contribution < -0.4 is 4.74 Å². The predicted molar refractivity (Wildman–Crippen MR) is 132 cm³/mol. The van der Waals surface area contributed by atoms with E-state index in [-0.39, 0.29) is 5.41 Å². The molecule has 34 heavy (non-hydrogen) atoms. The highest BCUT2D eigenvalue weighted by atomic mass is 16.5. The number of nitrogens with zero attached hydrogens (tertiary/aromatic N) is 4. The normalized spacial score (nSPS) is 11.9. The summed E-state index contributed by atoms with van der Waals surface area (Å²) < 4.78 is 6.02. The van der Waals surface area contributed by atoms with E-state index >= 15 is 0 Å². The molecule has 2 aromatic carbocycles. The van der Waals surface area contributed by atoms with Gasteiger partial charge in [-0.15, -0.1) is 10.2 Å². The summed E-state index contributed by atoms with van der Waals surface area (Å²) in [6.45, 7) is 7.13. The second-order valence-electron chi connectivity index (χ2n) is 9.08. The smallest absolute Gasteiger partial charge is 0.204 e. The molecular weight excluding hydrogens is 426 g/mol. The second kappa shape index (κ2) is 9.13. The number of hydrogen-bond acceptors (Lipinski definition) is 5. The number of fused-ring (bicyclic) bond motifs is 1. The van der Waals surface area contributed by atoms with Crippen molar-refractivity contribution in [3.63, 3.8) is 0 Å². The van der Waals surface area contributed by atoms with Crippen molar-refractivity contribution in [3.8, 4) is 17.1 Å². The van der Waals surface area contributed by atoms with Crippen molar-refractivity contribution in [3.05, 3.63) is 77.4 Å². The topological polar surface area (TPSA) is 108 Å². The summed E-state index contributed by atoms with van der Waals surface area (Å²) in [4.78, 5) is 11.8. The fraction of sp³-hybridized carbons (Fsp3) is 0.308. The van der Waals surface area contributed by atoms with Gasteiger partial charge in [0.15, 0.2) is 0 Å². The van der Waals surface area contributed by atoms with Crippen LogP contribution in [0.3, 0.4) is 0 Å². The number of ether oxygens (including phenoxy) is 1. The van der Waals surface area contributed by atoms with Gasteiger partial charge in [0, 0.05) is 23.6 Å². The van der Waals surface area contributed by atoms with E-state index in [0.29, 0.717) is 12.4 Å². The van der Waals surface area contributed by atoms with Crippen molar-refractivity contribution in [2.75, 3.05) is 0 Å². The molecule has 3 aromatic heterocycles. The third-order valence-corrected chi connectivity index (χ3v) is 6.31. The number of imidazole rings is 1. The number of H-pyrrole nitrogens is 3. The maximum Gasteiger partial charge on any atom is 0.204 e. The summed E-state index contributed by atoms with van der Waals surface area (Å²) in [5, 5.41) is 14.1. The van der Waals surface area contributed by atoms with Gasteiger partial charge in [0.1, 0.15) is 23.7 Å². The van der Waals surface area contributed by atoms with Gasteiger partial charge in [-0.25, -0.2) is 4.98 Å². The summed E-state index contributed by atoms with van der Waals surface area (Å²) >= 11 is 0. The minimum Gasteiger partial charge on any atom is -0.489 e. The lowest BCUT2D eigenvalue weighted by molar-refractivity contribution is 0.306. The second-order valence-corrected chi connectivity index (χ2v) is 9.08. The van der Waals surface area contributed by atoms with Crippen LogP contribution in [0.15, 0.2) is 54.7 Å². The molecule has 5 aromatic rings. The summed E-state index contributed by atoms with van der Waals surface area (Å²) in [6, 6.07) is 16.3. The Balaban J connectivity index is 1.27. The number of benzene rings is 2. The maximum atomic E-state index is 6.02. The first-order valence-corrected chi connectivity index (χ1v) is 11.7. The van der Waals surface area contributed by atoms with E-state index in [9.17, 15) is 0 Å². The van der Waals surface area contributed by atoms with Crippen LogP contribution in [0, 0.1) is 0 Å². The number of aryl methyl sites for hydroxylation is 1. The third kappa shape index (κ3) is 4.31. The van der Waals surface area contributed by atoms with Gasteiger partial charge in [0.25, 0.3) is 0 Å². The first-order chi connectivity index (χ1) is 16.5. The fourth-order valence-electron chi connectivity index (χ4n) is 4.20. The molecule has 5 rings (SSSR count). The van der Waals surface area contributed by atoms with Crippen LogP contribution in [0.2, 0.25) is 0 Å². The monoisotopic (exact) mass is 455 g/mol. The molecule has 0 amide bonds. The van der Waals surface area contributed by atoms with Crippen LogP contribution in [0.1, 0.15) is 56.3 Å². The Bertz CT molecular complexity index is 1350. The molecule has 0 fully saturated rings. The Labute approximate surface area is 198 Å². The first kappa shape index (κ1) is 21.9. The lowest BCUT2D eigenvalue weighted by atomic mass is 9.81. The van der Waals surface area contributed by atoms with Crippen molar-refractivity contribution in [1.29, 1.82) is 0 Å².